The summed E-state index contributed by atoms with van der Waals surface area (Å²) in [4.78, 5) is 12.7. The Kier molecular flexibility index (Phi) is 5.27. The number of hydrogen-bond donors (Lipinski definition) is 0. The van der Waals surface area contributed by atoms with Crippen molar-refractivity contribution in [1.82, 2.24) is 15.0 Å². The van der Waals surface area contributed by atoms with Gasteiger partial charge in [-0.15, -0.1) is 5.10 Å². The lowest BCUT2D eigenvalue weighted by molar-refractivity contribution is -0.126. The fourth-order valence-corrected chi connectivity index (χ4v) is 4.24. The van der Waals surface area contributed by atoms with Crippen molar-refractivity contribution in [2.45, 2.75) is 35.2 Å². The van der Waals surface area contributed by atoms with E-state index in [-0.39, 0.29) is 28.8 Å². The van der Waals surface area contributed by atoms with Gasteiger partial charge in [-0.2, -0.15) is 8.78 Å². The van der Waals surface area contributed by atoms with Crippen LogP contribution in [-0.4, -0.2) is 35.8 Å². The van der Waals surface area contributed by atoms with E-state index in [9.17, 15) is 30.8 Å². The van der Waals surface area contributed by atoms with E-state index in [4.69, 9.17) is 4.74 Å². The Morgan fingerprint density at radius 1 is 1.09 bits per heavy atom. The monoisotopic (exact) mass is 469 g/mol. The van der Waals surface area contributed by atoms with Crippen molar-refractivity contribution in [3.05, 3.63) is 65.4 Å². The Hall–Kier alpha value is -3.28. The Morgan fingerprint density at radius 2 is 1.69 bits per heavy atom. The summed E-state index contributed by atoms with van der Waals surface area (Å²) in [6, 6.07) is 6.09. The molecule has 4 rings (SSSR count). The predicted octanol–water partition coefficient (Wildman–Crippen LogP) is 3.11. The molecule has 0 atom stereocenters. The first-order valence-corrected chi connectivity index (χ1v) is 10.8. The number of halogens is 4. The smallest absolute Gasteiger partial charge is 0.227 e. The van der Waals surface area contributed by atoms with Gasteiger partial charge in [0.25, 0.3) is 0 Å². The minimum Gasteiger partial charge on any atom is -0.479 e. The van der Waals surface area contributed by atoms with Gasteiger partial charge in [0, 0.05) is 6.07 Å². The molecule has 0 spiro atoms. The highest BCUT2D eigenvalue weighted by Crippen LogP contribution is 2.44. The number of aromatic nitrogens is 3. The van der Waals surface area contributed by atoms with Gasteiger partial charge in [0.1, 0.15) is 12.1 Å². The van der Waals surface area contributed by atoms with Crippen molar-refractivity contribution in [3.63, 3.8) is 0 Å². The van der Waals surface area contributed by atoms with Crippen molar-refractivity contribution in [2.24, 2.45) is 0 Å². The van der Waals surface area contributed by atoms with Gasteiger partial charge in [0.05, 0.1) is 11.1 Å². The number of carbonyl (C=O) groups excluding carboxylic acids is 1. The summed E-state index contributed by atoms with van der Waals surface area (Å²) in [6.45, 7) is 0.879. The van der Waals surface area contributed by atoms with Crippen LogP contribution in [0.15, 0.2) is 46.5 Å². The maximum absolute atomic E-state index is 13.7. The zero-order valence-electron chi connectivity index (χ0n) is 16.5. The average molecular weight is 469 g/mol. The van der Waals surface area contributed by atoms with Gasteiger partial charge in [0.15, 0.2) is 23.2 Å². The van der Waals surface area contributed by atoms with Crippen LogP contribution in [0.25, 0.3) is 0 Å². The zero-order valence-corrected chi connectivity index (χ0v) is 17.3. The molecule has 12 heteroatoms. The molecule has 0 unspecified atom stereocenters. The number of ketones is 1. The lowest BCUT2D eigenvalue weighted by Crippen LogP contribution is -2.33. The fraction of sp³-hybridized carbons (Fsp3) is 0.250. The van der Waals surface area contributed by atoms with Crippen LogP contribution < -0.4 is 4.74 Å². The molecule has 0 N–H and O–H groups in total. The van der Waals surface area contributed by atoms with Crippen molar-refractivity contribution in [1.29, 1.82) is 0 Å². The van der Waals surface area contributed by atoms with Gasteiger partial charge in [-0.3, -0.25) is 4.79 Å². The lowest BCUT2D eigenvalue weighted by Gasteiger charge is -2.15. The Labute approximate surface area is 179 Å². The molecule has 1 aromatic heterocycles. The zero-order chi connectivity index (χ0) is 23.3. The van der Waals surface area contributed by atoms with Crippen LogP contribution in [0.4, 0.5) is 17.6 Å². The van der Waals surface area contributed by atoms with E-state index in [0.29, 0.717) is 0 Å². The van der Waals surface area contributed by atoms with Crippen LogP contribution in [0, 0.1) is 30.2 Å². The number of benzene rings is 2. The van der Waals surface area contributed by atoms with E-state index in [1.165, 1.54) is 12.1 Å². The van der Waals surface area contributed by atoms with Crippen LogP contribution in [0.3, 0.4) is 0 Å². The number of ether oxygens (including phenoxy) is 1. The number of hydrogen-bond acceptors (Lipinski definition) is 6. The molecule has 1 saturated carbocycles. The summed E-state index contributed by atoms with van der Waals surface area (Å²) in [6.07, 6.45) is 1.57. The van der Waals surface area contributed by atoms with E-state index in [0.717, 1.165) is 16.4 Å². The molecule has 0 saturated heterocycles. The molecule has 32 heavy (non-hydrogen) atoms. The number of nitrogens with zero attached hydrogens (tertiary/aromatic N) is 3. The summed E-state index contributed by atoms with van der Waals surface area (Å²) >= 11 is 0. The number of carbonyl (C=O) groups is 1. The van der Waals surface area contributed by atoms with Crippen LogP contribution in [0.2, 0.25) is 0 Å². The van der Waals surface area contributed by atoms with Crippen LogP contribution in [0.1, 0.15) is 18.4 Å². The molecule has 0 aliphatic heterocycles. The lowest BCUT2D eigenvalue weighted by atomic mass is 10.1. The highest BCUT2D eigenvalue weighted by atomic mass is 32.2. The second kappa shape index (κ2) is 7.69. The first kappa shape index (κ1) is 21.9. The first-order chi connectivity index (χ1) is 15.1. The van der Waals surface area contributed by atoms with Crippen molar-refractivity contribution in [2.75, 3.05) is 6.61 Å². The highest BCUT2D eigenvalue weighted by molar-refractivity contribution is 7.91. The fourth-order valence-electron chi connectivity index (χ4n) is 3.12. The molecule has 7 nitrogen and oxygen atoms in total. The van der Waals surface area contributed by atoms with Crippen LogP contribution >= 0.6 is 0 Å². The second-order valence-corrected chi connectivity index (χ2v) is 9.26. The van der Waals surface area contributed by atoms with Gasteiger partial charge in [-0.1, -0.05) is 22.9 Å². The number of sulfone groups is 1. The Balaban J connectivity index is 1.55. The highest BCUT2D eigenvalue weighted by Gasteiger charge is 2.53. The summed E-state index contributed by atoms with van der Waals surface area (Å²) in [7, 11) is -3.99. The second-order valence-electron chi connectivity index (χ2n) is 7.36. The SMILES string of the molecule is Cc1ccc(S(=O)(=O)c2cn(C3(C(=O)COc4c(F)c(F)cc(F)c4F)CC3)nn2)cc1. The van der Waals surface area contributed by atoms with E-state index in [2.05, 4.69) is 10.3 Å². The topological polar surface area (TPSA) is 91.2 Å². The molecule has 168 valence electrons. The molecule has 2 aromatic carbocycles. The third-order valence-electron chi connectivity index (χ3n) is 5.18. The van der Waals surface area contributed by atoms with Gasteiger partial charge in [-0.05, 0) is 31.9 Å². The molecule has 0 radical (unpaired) electrons. The third-order valence-corrected chi connectivity index (χ3v) is 6.81. The summed E-state index contributed by atoms with van der Waals surface area (Å²) < 4.78 is 85.4. The van der Waals surface area contributed by atoms with Gasteiger partial charge in [0.2, 0.25) is 26.5 Å². The summed E-state index contributed by atoms with van der Waals surface area (Å²) in [5.74, 6) is -8.95. The van der Waals surface area contributed by atoms with E-state index in [1.807, 2.05) is 0 Å². The molecule has 1 fully saturated rings. The molecular formula is C20H15F4N3O4S. The van der Waals surface area contributed by atoms with Crippen molar-refractivity contribution in [3.8, 4) is 5.75 Å². The largest absolute Gasteiger partial charge is 0.479 e. The molecule has 0 bridgehead atoms. The quantitative estimate of drug-likeness (QED) is 0.390. The maximum Gasteiger partial charge on any atom is 0.227 e. The van der Waals surface area contributed by atoms with Gasteiger partial charge in [-0.25, -0.2) is 21.9 Å². The number of Topliss-reactive ketones (excluding diaryl/α,β-unsaturated/α-hetero) is 1. The minimum atomic E-state index is -3.99. The standard InChI is InChI=1S/C20H15F4N3O4S/c1-11-2-4-12(5-3-11)32(29,30)16-9-27(26-25-16)20(6-7-20)15(28)10-31-19-17(23)13(21)8-14(22)18(19)24/h2-5,8-9H,6-7,10H2,1H3. The van der Waals surface area contributed by atoms with E-state index >= 15 is 0 Å². The minimum absolute atomic E-state index is 0.00580. The summed E-state index contributed by atoms with van der Waals surface area (Å²) in [5.41, 5.74) is -0.464. The molecule has 1 heterocycles. The van der Waals surface area contributed by atoms with E-state index < -0.39 is 56.8 Å². The first-order valence-electron chi connectivity index (χ1n) is 9.30. The molecule has 3 aromatic rings. The Bertz CT molecular complexity index is 1290. The molecule has 1 aliphatic carbocycles. The summed E-state index contributed by atoms with van der Waals surface area (Å²) in [5, 5.41) is 7.02. The molecular weight excluding hydrogens is 454 g/mol. The number of aryl methyl sites for hydroxylation is 1. The van der Waals surface area contributed by atoms with Gasteiger partial charge < -0.3 is 4.74 Å². The average Bonchev–Trinajstić information content (AvgIpc) is 3.41. The van der Waals surface area contributed by atoms with Crippen molar-refractivity contribution >= 4 is 15.6 Å². The van der Waals surface area contributed by atoms with Crippen LogP contribution in [-0.2, 0) is 20.2 Å². The molecule has 1 aliphatic rings. The third kappa shape index (κ3) is 3.64. The van der Waals surface area contributed by atoms with Crippen molar-refractivity contribution < 1.29 is 35.5 Å². The Morgan fingerprint density at radius 3 is 2.25 bits per heavy atom. The number of rotatable bonds is 7. The van der Waals surface area contributed by atoms with Gasteiger partial charge >= 0.3 is 0 Å². The maximum atomic E-state index is 13.7. The van der Waals surface area contributed by atoms with Crippen LogP contribution in [0.5, 0.6) is 5.75 Å². The van der Waals surface area contributed by atoms with E-state index in [1.54, 1.807) is 19.1 Å². The normalized spacial score (nSPS) is 14.9. The molecule has 0 amide bonds. The predicted molar refractivity (Wildman–Crippen MR) is 101 cm³/mol.